The van der Waals surface area contributed by atoms with Crippen LogP contribution in [0.1, 0.15) is 60.3 Å². The third-order valence-corrected chi connectivity index (χ3v) is 7.08. The molecule has 5 atom stereocenters. The van der Waals surface area contributed by atoms with Crippen LogP contribution in [0.15, 0.2) is 0 Å². The van der Waals surface area contributed by atoms with E-state index in [9.17, 15) is 47.9 Å². The summed E-state index contributed by atoms with van der Waals surface area (Å²) >= 11 is 0. The Hall–Kier alpha value is -15.3. The largest absolute Gasteiger partial charge is 0.640 e. The van der Waals surface area contributed by atoms with E-state index in [2.05, 4.69) is 118 Å². The van der Waals surface area contributed by atoms with Gasteiger partial charge in [0.25, 0.3) is 59.7 Å². The maximum absolute atomic E-state index is 11.4. The SMILES string of the molecule is [CH2-]OC(=O)C(C)C(C)C(=O)O[CH2-].[CH2-]OC(=O)CC(C(=O)O[CH2-])C(C)C(=O)O[CH2-].[CH2-]OC(=O)CC(C)(CC(=O)O[CH2-])C(=O)O[CH2-].[CH2-]OC(=O)CC(C)C(=O)O[CH2-].[Rf].[Rf].[Rf].[Rf].[Rf].[Rf].[Rf].[Rf].[Rf].[Rf]. The zero-order valence-electron chi connectivity index (χ0n) is 38.5. The number of rotatable bonds is 16. The molecule has 0 spiro atoms. The number of hydrogen-bond donors (Lipinski definition) is 0. The molecule has 0 aliphatic carbocycles. The van der Waals surface area contributed by atoms with Gasteiger partial charge in [-0.05, 0) is 6.92 Å². The van der Waals surface area contributed by atoms with Crippen LogP contribution in [0.4, 0.5) is 0 Å². The van der Waals surface area contributed by atoms with Crippen molar-refractivity contribution in [2.24, 2.45) is 35.0 Å². The Morgan fingerprint density at radius 2 is 0.615 bits per heavy atom. The predicted octanol–water partition coefficient (Wildman–Crippen LogP) is 3.02. The number of carbonyl (C=O) groups is 10. The molecule has 0 saturated heterocycles. The van der Waals surface area contributed by atoms with Crippen LogP contribution in [0.5, 0.6) is 0 Å². The molecule has 0 rings (SSSR count). The minimum absolute atomic E-state index is 0. The quantitative estimate of drug-likeness (QED) is 0.122. The fourth-order valence-corrected chi connectivity index (χ4v) is 3.43. The second kappa shape index (κ2) is 44.9. The predicted molar refractivity (Wildman–Crippen MR) is 181 cm³/mol. The Labute approximate surface area is 321 Å². The fourth-order valence-electron chi connectivity index (χ4n) is 3.43. The molecule has 0 aromatic carbocycles. The van der Waals surface area contributed by atoms with E-state index in [0.717, 1.165) is 0 Å². The van der Waals surface area contributed by atoms with Gasteiger partial charge in [-0.25, -0.2) is 0 Å². The fraction of sp³-hybridized carbons (Fsp3) is 0.429. The maximum atomic E-state index is 11.4. The van der Waals surface area contributed by atoms with Gasteiger partial charge in [0.2, 0.25) is 0 Å². The topological polar surface area (TPSA) is 263 Å². The summed E-state index contributed by atoms with van der Waals surface area (Å²) in [5, 5.41) is 0. The molecule has 0 aromatic rings. The molecule has 30 heteroatoms. The summed E-state index contributed by atoms with van der Waals surface area (Å²) in [5.74, 6) is -10.3. The van der Waals surface area contributed by atoms with E-state index in [4.69, 9.17) is 0 Å². The molecule has 0 bridgehead atoms. The van der Waals surface area contributed by atoms with Gasteiger partial charge in [0, 0.05) is 0 Å². The van der Waals surface area contributed by atoms with Crippen LogP contribution < -0.4 is 0 Å². The van der Waals surface area contributed by atoms with E-state index in [1.54, 1.807) is 20.8 Å². The van der Waals surface area contributed by atoms with Crippen molar-refractivity contribution in [2.45, 2.75) is 60.3 Å². The third-order valence-electron chi connectivity index (χ3n) is 7.08. The molecule has 0 aliphatic rings. The number of carbonyl (C=O) groups excluding carboxylic acids is 10. The minimum Gasteiger partial charge on any atom is -0.640 e. The van der Waals surface area contributed by atoms with Gasteiger partial charge in [-0.15, -0.1) is 0 Å². The van der Waals surface area contributed by atoms with Crippen LogP contribution in [0.25, 0.3) is 0 Å². The summed E-state index contributed by atoms with van der Waals surface area (Å²) in [6, 6.07) is 0. The summed E-state index contributed by atoms with van der Waals surface area (Å²) in [4.78, 5) is 110. The first-order chi connectivity index (χ1) is 25.5. The van der Waals surface area contributed by atoms with E-state index >= 15 is 0 Å². The molecular weight excluding hydrogens is 3410 g/mol. The first-order valence-electron chi connectivity index (χ1n) is 15.1. The molecule has 0 N–H and O–H groups in total. The van der Waals surface area contributed by atoms with Crippen LogP contribution in [-0.2, 0) is 95.3 Å². The van der Waals surface area contributed by atoms with Crippen molar-refractivity contribution in [3.8, 4) is 0 Å². The third kappa shape index (κ3) is 33.0. The van der Waals surface area contributed by atoms with Crippen LogP contribution in [0.2, 0.25) is 0 Å². The molecule has 0 amide bonds. The first kappa shape index (κ1) is 92.5. The van der Waals surface area contributed by atoms with Crippen molar-refractivity contribution in [2.75, 3.05) is 0 Å². The second-order valence-corrected chi connectivity index (χ2v) is 11.0. The molecule has 0 aliphatic heterocycles. The van der Waals surface area contributed by atoms with E-state index < -0.39 is 94.7 Å². The van der Waals surface area contributed by atoms with Gasteiger partial charge in [0.05, 0.1) is 60.7 Å². The average Bonchev–Trinajstić information content (AvgIpc) is 3.19. The molecule has 5 unspecified atom stereocenters. The van der Waals surface area contributed by atoms with Gasteiger partial charge in [0.15, 0.2) is 0 Å². The maximum Gasteiger partial charge on any atom is 0.281 e. The standard InChI is InChI=1S/2C10H13O6.C8H12O4.C7H10O4.10Rf/c1-10(9(13)16-4,5-7(11)14-2)6-8(12)15-3;1-6(9(12)15-3)7(10(13)16-4)5-8(11)14-2;1-5(7(9)11-3)6(2)8(10)12-4;1-5(7(9)11-3)4-6(8)10-2;;;;;;;;;;/h2-6H2,1H3;6-7H,2-5H2,1H3;5-6H,3-4H2,1-2H3;5H,2-4H2,1H3;;;;;;;;;;/q2*-3;2*-2;;;;;;;;;;. The summed E-state index contributed by atoms with van der Waals surface area (Å²) in [5.41, 5.74) is -1.40. The summed E-state index contributed by atoms with van der Waals surface area (Å²) in [6.45, 7) is 7.44. The monoisotopic (exact) mass is 3460 g/mol. The van der Waals surface area contributed by atoms with Crippen molar-refractivity contribution in [3.63, 3.8) is 0 Å². The zero-order chi connectivity index (χ0) is 44.1. The summed E-state index contributed by atoms with van der Waals surface area (Å²) < 4.78 is 41.9. The Bertz CT molecular complexity index is 1260. The molecule has 0 fully saturated rings. The molecule has 338 valence electrons. The van der Waals surface area contributed by atoms with Crippen molar-refractivity contribution in [1.82, 2.24) is 0 Å². The minimum atomic E-state index is -1.40. The first-order valence-corrected chi connectivity index (χ1v) is 15.1. The van der Waals surface area contributed by atoms with E-state index in [1.165, 1.54) is 13.8 Å². The Morgan fingerprint density at radius 1 is 0.354 bits per heavy atom. The molecular formula is C35H48O20Rf10-10. The molecule has 20 nitrogen and oxygen atoms in total. The normalized spacial score (nSPS) is 10.6. The smallest absolute Gasteiger partial charge is 0.281 e. The summed E-state index contributed by atoms with van der Waals surface area (Å²) in [7, 11) is 29.2. The van der Waals surface area contributed by atoms with Gasteiger partial charge < -0.3 is 47.4 Å². The Balaban J connectivity index is -0.0000000427. The molecule has 65 heavy (non-hydrogen) atoms. The molecule has 0 saturated carbocycles. The zero-order valence-corrected chi connectivity index (χ0v) is 103. The van der Waals surface area contributed by atoms with Crippen molar-refractivity contribution in [1.29, 1.82) is 0 Å². The van der Waals surface area contributed by atoms with Crippen molar-refractivity contribution >= 4 is 59.7 Å². The van der Waals surface area contributed by atoms with Gasteiger partial charge in [-0.2, -0.15) is 71.1 Å². The second-order valence-electron chi connectivity index (χ2n) is 11.0. The van der Waals surface area contributed by atoms with E-state index in [1.807, 2.05) is 0 Å². The molecule has 0 heterocycles. The Morgan fingerprint density at radius 3 is 0.862 bits per heavy atom. The Kier molecular flexibility index (Phi) is 63.8. The summed E-state index contributed by atoms with van der Waals surface area (Å²) in [6.07, 6.45) is -1.09. The van der Waals surface area contributed by atoms with Crippen LogP contribution >= 0.6 is 0 Å². The van der Waals surface area contributed by atoms with Crippen LogP contribution in [0.3, 0.4) is 0 Å². The molecule has 0 aromatic heterocycles. The number of ether oxygens (including phenoxy) is 10. The van der Waals surface area contributed by atoms with E-state index in [-0.39, 0.29) is 25.7 Å². The van der Waals surface area contributed by atoms with E-state index in [0.29, 0.717) is 0 Å². The van der Waals surface area contributed by atoms with Gasteiger partial charge in [-0.1, -0.05) is 27.7 Å². The number of esters is 10. The van der Waals surface area contributed by atoms with Crippen LogP contribution in [-0.4, -0.2) is 59.7 Å². The molecule has 0 radical (unpaired) electrons. The van der Waals surface area contributed by atoms with Gasteiger partial charge in [0.1, 0.15) is 0 Å². The van der Waals surface area contributed by atoms with Crippen molar-refractivity contribution < 1.29 is 95.3 Å². The van der Waals surface area contributed by atoms with Gasteiger partial charge in [-0.3, -0.25) is 47.9 Å². The van der Waals surface area contributed by atoms with Crippen molar-refractivity contribution in [3.05, 3.63) is 71.1 Å². The van der Waals surface area contributed by atoms with Gasteiger partial charge >= 0.3 is 0 Å². The van der Waals surface area contributed by atoms with Crippen LogP contribution in [0, 0.1) is 106 Å². The average molecular weight is 3460 g/mol. The number of hydrogen-bond acceptors (Lipinski definition) is 20.